The molecule has 0 spiro atoms. The maximum Gasteiger partial charge on any atom is 0.336 e. The van der Waals surface area contributed by atoms with Crippen LogP contribution in [0.2, 0.25) is 0 Å². The molecule has 1 N–H and O–H groups in total. The van der Waals surface area contributed by atoms with Crippen LogP contribution in [0.5, 0.6) is 5.75 Å². The van der Waals surface area contributed by atoms with Crippen LogP contribution in [0, 0.1) is 6.92 Å². The molecule has 1 heterocycles. The predicted molar refractivity (Wildman–Crippen MR) is 102 cm³/mol. The van der Waals surface area contributed by atoms with Crippen molar-refractivity contribution in [2.45, 2.75) is 6.92 Å². The number of amides is 1. The van der Waals surface area contributed by atoms with E-state index in [2.05, 4.69) is 10.3 Å². The highest BCUT2D eigenvalue weighted by atomic mass is 32.1. The van der Waals surface area contributed by atoms with Gasteiger partial charge in [0.2, 0.25) is 0 Å². The Kier molecular flexibility index (Phi) is 5.56. The topological polar surface area (TPSA) is 68.3 Å². The maximum atomic E-state index is 12.5. The number of anilines is 1. The Hall–Kier alpha value is -3.25. The minimum absolute atomic E-state index is 0.195. The number of nitrogens with zero attached hydrogens (tertiary/aromatic N) is 1. The highest BCUT2D eigenvalue weighted by molar-refractivity contribution is 7.13. The lowest BCUT2D eigenvalue weighted by atomic mass is 10.2. The molecular formula is C20H16N2O3S. The molecule has 26 heavy (non-hydrogen) atoms. The van der Waals surface area contributed by atoms with Crippen LogP contribution < -0.4 is 10.1 Å². The van der Waals surface area contributed by atoms with Crippen molar-refractivity contribution in [1.82, 2.24) is 4.98 Å². The number of carbonyl (C=O) groups excluding carboxylic acids is 2. The van der Waals surface area contributed by atoms with Crippen molar-refractivity contribution in [3.63, 3.8) is 0 Å². The van der Waals surface area contributed by atoms with E-state index in [-0.39, 0.29) is 17.2 Å². The molecule has 0 radical (unpaired) electrons. The van der Waals surface area contributed by atoms with Crippen molar-refractivity contribution in [2.24, 2.45) is 0 Å². The van der Waals surface area contributed by atoms with E-state index < -0.39 is 5.97 Å². The molecule has 2 aromatic carbocycles. The number of thiazole rings is 1. The molecule has 0 saturated carbocycles. The smallest absolute Gasteiger partial charge is 0.336 e. The highest BCUT2D eigenvalue weighted by Crippen LogP contribution is 2.21. The average Bonchev–Trinajstić information content (AvgIpc) is 3.06. The first kappa shape index (κ1) is 17.6. The first-order valence-corrected chi connectivity index (χ1v) is 8.77. The van der Waals surface area contributed by atoms with E-state index >= 15 is 0 Å². The van der Waals surface area contributed by atoms with E-state index in [0.29, 0.717) is 5.13 Å². The molecule has 1 amide bonds. The summed E-state index contributed by atoms with van der Waals surface area (Å²) in [5, 5.41) is 5.05. The first-order chi connectivity index (χ1) is 12.6. The summed E-state index contributed by atoms with van der Waals surface area (Å²) in [7, 11) is 0. The van der Waals surface area contributed by atoms with E-state index in [0.717, 1.165) is 11.3 Å². The summed E-state index contributed by atoms with van der Waals surface area (Å²) >= 11 is 1.34. The fourth-order valence-corrected chi connectivity index (χ4v) is 2.87. The van der Waals surface area contributed by atoms with Gasteiger partial charge in [-0.1, -0.05) is 42.5 Å². The Morgan fingerprint density at radius 1 is 1.08 bits per heavy atom. The molecule has 0 fully saturated rings. The lowest BCUT2D eigenvalue weighted by Crippen LogP contribution is -2.15. The van der Waals surface area contributed by atoms with E-state index in [1.165, 1.54) is 17.4 Å². The van der Waals surface area contributed by atoms with Gasteiger partial charge >= 0.3 is 5.97 Å². The van der Waals surface area contributed by atoms with Gasteiger partial charge in [0.15, 0.2) is 5.13 Å². The number of hydrogen-bond acceptors (Lipinski definition) is 5. The van der Waals surface area contributed by atoms with E-state index in [9.17, 15) is 9.59 Å². The average molecular weight is 364 g/mol. The maximum absolute atomic E-state index is 12.5. The molecule has 0 saturated heterocycles. The number of aromatic nitrogens is 1. The summed E-state index contributed by atoms with van der Waals surface area (Å²) in [5.74, 6) is -0.741. The number of benzene rings is 2. The predicted octanol–water partition coefficient (Wildman–Crippen LogP) is 4.32. The fraction of sp³-hybridized carbons (Fsp3) is 0.0500. The number of esters is 1. The van der Waals surface area contributed by atoms with Crippen LogP contribution in [0.4, 0.5) is 5.13 Å². The van der Waals surface area contributed by atoms with E-state index in [1.54, 1.807) is 30.3 Å². The lowest BCUT2D eigenvalue weighted by Gasteiger charge is -2.08. The summed E-state index contributed by atoms with van der Waals surface area (Å²) in [6.45, 7) is 1.85. The van der Waals surface area contributed by atoms with Gasteiger partial charge in [0.1, 0.15) is 5.75 Å². The fourth-order valence-electron chi connectivity index (χ4n) is 2.19. The number of para-hydroxylation sites is 1. The third kappa shape index (κ3) is 4.64. The highest BCUT2D eigenvalue weighted by Gasteiger charge is 2.15. The quantitative estimate of drug-likeness (QED) is 0.416. The number of carbonyl (C=O) groups is 2. The van der Waals surface area contributed by atoms with Gasteiger partial charge in [-0.25, -0.2) is 9.78 Å². The number of hydrogen-bond donors (Lipinski definition) is 1. The third-order valence-corrected chi connectivity index (χ3v) is 4.27. The van der Waals surface area contributed by atoms with Gasteiger partial charge in [-0.3, -0.25) is 10.1 Å². The van der Waals surface area contributed by atoms with Crippen molar-refractivity contribution >= 4 is 34.4 Å². The van der Waals surface area contributed by atoms with Crippen LogP contribution >= 0.6 is 11.3 Å². The molecule has 0 aliphatic carbocycles. The lowest BCUT2D eigenvalue weighted by molar-refractivity contribution is -0.128. The molecule has 5 nitrogen and oxygen atoms in total. The van der Waals surface area contributed by atoms with Gasteiger partial charge in [-0.15, -0.1) is 11.3 Å². The zero-order valence-corrected chi connectivity index (χ0v) is 14.8. The molecule has 0 atom stereocenters. The van der Waals surface area contributed by atoms with Crippen molar-refractivity contribution in [3.8, 4) is 5.75 Å². The summed E-state index contributed by atoms with van der Waals surface area (Å²) in [6, 6.07) is 16.0. The summed E-state index contributed by atoms with van der Waals surface area (Å²) < 4.78 is 5.33. The van der Waals surface area contributed by atoms with Crippen molar-refractivity contribution in [1.29, 1.82) is 0 Å². The summed E-state index contributed by atoms with van der Waals surface area (Å²) in [6.07, 6.45) is 2.98. The van der Waals surface area contributed by atoms with Crippen LogP contribution in [-0.4, -0.2) is 16.9 Å². The summed E-state index contributed by atoms with van der Waals surface area (Å²) in [5.41, 5.74) is 1.98. The molecule has 0 unspecified atom stereocenters. The minimum Gasteiger partial charge on any atom is -0.423 e. The van der Waals surface area contributed by atoms with Crippen molar-refractivity contribution in [2.75, 3.05) is 5.32 Å². The zero-order chi connectivity index (χ0) is 18.4. The van der Waals surface area contributed by atoms with Gasteiger partial charge in [-0.05, 0) is 30.7 Å². The van der Waals surface area contributed by atoms with Crippen LogP contribution in [0.1, 0.15) is 21.6 Å². The zero-order valence-electron chi connectivity index (χ0n) is 14.0. The molecule has 6 heteroatoms. The van der Waals surface area contributed by atoms with Crippen LogP contribution in [0.3, 0.4) is 0 Å². The molecule has 3 rings (SSSR count). The van der Waals surface area contributed by atoms with Crippen LogP contribution in [-0.2, 0) is 4.79 Å². The Morgan fingerprint density at radius 3 is 2.54 bits per heavy atom. The number of rotatable bonds is 5. The van der Waals surface area contributed by atoms with Gasteiger partial charge in [0.05, 0.1) is 11.3 Å². The Balaban J connectivity index is 1.71. The van der Waals surface area contributed by atoms with Crippen molar-refractivity contribution < 1.29 is 14.3 Å². The molecule has 1 aromatic heterocycles. The number of aryl methyl sites for hydroxylation is 1. The van der Waals surface area contributed by atoms with Crippen molar-refractivity contribution in [3.05, 3.63) is 82.9 Å². The Bertz CT molecular complexity index is 948. The van der Waals surface area contributed by atoms with Gasteiger partial charge in [0, 0.05) is 11.5 Å². The second-order valence-electron chi connectivity index (χ2n) is 5.41. The van der Waals surface area contributed by atoms with Crippen LogP contribution in [0.15, 0.2) is 66.1 Å². The van der Waals surface area contributed by atoms with E-state index in [4.69, 9.17) is 4.74 Å². The monoisotopic (exact) mass is 364 g/mol. The van der Waals surface area contributed by atoms with E-state index in [1.807, 2.05) is 42.6 Å². The molecule has 0 bridgehead atoms. The molecule has 0 aliphatic rings. The normalized spacial score (nSPS) is 10.7. The SMILES string of the molecule is Cc1csc(NC(=O)c2ccccc2OC(=O)/C=C\c2ccccc2)n1. The molecule has 130 valence electrons. The molecule has 3 aromatic rings. The second-order valence-corrected chi connectivity index (χ2v) is 6.27. The number of ether oxygens (including phenoxy) is 1. The summed E-state index contributed by atoms with van der Waals surface area (Å²) in [4.78, 5) is 28.7. The van der Waals surface area contributed by atoms with Gasteiger partial charge < -0.3 is 4.74 Å². The first-order valence-electron chi connectivity index (χ1n) is 7.89. The second kappa shape index (κ2) is 8.22. The third-order valence-electron chi connectivity index (χ3n) is 3.39. The van der Waals surface area contributed by atoms with Gasteiger partial charge in [-0.2, -0.15) is 0 Å². The molecular weight excluding hydrogens is 348 g/mol. The Morgan fingerprint density at radius 2 is 1.81 bits per heavy atom. The minimum atomic E-state index is -0.556. The standard InChI is InChI=1S/C20H16N2O3S/c1-14-13-26-20(21-14)22-19(24)16-9-5-6-10-17(16)25-18(23)12-11-15-7-3-2-4-8-15/h2-13H,1H3,(H,21,22,24)/b12-11-. The largest absolute Gasteiger partial charge is 0.423 e. The van der Waals surface area contributed by atoms with Gasteiger partial charge in [0.25, 0.3) is 5.91 Å². The Labute approximate surface area is 155 Å². The number of nitrogens with one attached hydrogen (secondary N) is 1. The van der Waals surface area contributed by atoms with Crippen LogP contribution in [0.25, 0.3) is 6.08 Å². The molecule has 0 aliphatic heterocycles.